The number of pyridine rings is 2. The second-order valence-electron chi connectivity index (χ2n) is 9.41. The van der Waals surface area contributed by atoms with E-state index in [4.69, 9.17) is 14.5 Å². The van der Waals surface area contributed by atoms with Crippen LogP contribution in [0.25, 0.3) is 11.3 Å². The zero-order valence-corrected chi connectivity index (χ0v) is 21.3. The number of anilines is 1. The molecule has 2 aliphatic heterocycles. The van der Waals surface area contributed by atoms with E-state index in [9.17, 15) is 18.0 Å². The Kier molecular flexibility index (Phi) is 6.90. The van der Waals surface area contributed by atoms with Crippen molar-refractivity contribution in [2.75, 3.05) is 37.7 Å². The molecule has 0 saturated carbocycles. The van der Waals surface area contributed by atoms with Gasteiger partial charge in [-0.2, -0.15) is 13.2 Å². The molecule has 200 valence electrons. The van der Waals surface area contributed by atoms with Crippen LogP contribution in [-0.4, -0.2) is 48.7 Å². The largest absolute Gasteiger partial charge is 0.493 e. The molecule has 1 aromatic carbocycles. The molecule has 0 radical (unpaired) electrons. The topological polar surface area (TPSA) is 76.6 Å². The highest BCUT2D eigenvalue weighted by molar-refractivity contribution is 5.96. The zero-order chi connectivity index (χ0) is 26.9. The Bertz CT molecular complexity index is 1340. The molecule has 10 heteroatoms. The minimum atomic E-state index is -4.55. The Morgan fingerprint density at radius 2 is 1.79 bits per heavy atom. The molecular formula is C28H29F3N4O3. The Morgan fingerprint density at radius 1 is 1.03 bits per heavy atom. The predicted octanol–water partition coefficient (Wildman–Crippen LogP) is 5.24. The van der Waals surface area contributed by atoms with Crippen LogP contribution in [0.15, 0.2) is 48.7 Å². The average molecular weight is 527 g/mol. The number of carbonyl (C=O) groups excluding carboxylic acids is 1. The quantitative estimate of drug-likeness (QED) is 0.474. The number of alkyl halides is 3. The second kappa shape index (κ2) is 10.2. The molecule has 5 rings (SSSR count). The SMILES string of the molecule is CCOc1cccc(N2CCC3(CC2)CNC(=O)c2nc(-c4cccnc4OCC)ccc23)c1C(F)(F)F. The lowest BCUT2D eigenvalue weighted by Crippen LogP contribution is -2.53. The number of halogens is 3. The summed E-state index contributed by atoms with van der Waals surface area (Å²) in [6, 6.07) is 11.9. The van der Waals surface area contributed by atoms with Crippen molar-refractivity contribution in [2.45, 2.75) is 38.3 Å². The first-order valence-corrected chi connectivity index (χ1v) is 12.7. The van der Waals surface area contributed by atoms with Crippen molar-refractivity contribution < 1.29 is 27.4 Å². The van der Waals surface area contributed by atoms with Gasteiger partial charge in [-0.1, -0.05) is 12.1 Å². The van der Waals surface area contributed by atoms with Gasteiger partial charge in [0.1, 0.15) is 17.0 Å². The van der Waals surface area contributed by atoms with Gasteiger partial charge in [-0.05, 0) is 62.6 Å². The van der Waals surface area contributed by atoms with Gasteiger partial charge in [0.2, 0.25) is 5.88 Å². The summed E-state index contributed by atoms with van der Waals surface area (Å²) in [5, 5.41) is 2.97. The van der Waals surface area contributed by atoms with Gasteiger partial charge in [0, 0.05) is 31.2 Å². The number of ether oxygens (including phenoxy) is 2. The van der Waals surface area contributed by atoms with Crippen LogP contribution in [0.2, 0.25) is 0 Å². The zero-order valence-electron chi connectivity index (χ0n) is 21.3. The van der Waals surface area contributed by atoms with Gasteiger partial charge in [0.15, 0.2) is 0 Å². The molecule has 1 N–H and O–H groups in total. The second-order valence-corrected chi connectivity index (χ2v) is 9.41. The third kappa shape index (κ3) is 4.63. The molecule has 1 amide bonds. The van der Waals surface area contributed by atoms with E-state index in [1.54, 1.807) is 30.2 Å². The first-order chi connectivity index (χ1) is 18.3. The molecular weight excluding hydrogens is 497 g/mol. The average Bonchev–Trinajstić information content (AvgIpc) is 2.91. The first-order valence-electron chi connectivity index (χ1n) is 12.7. The third-order valence-electron chi connectivity index (χ3n) is 7.25. The molecule has 2 aromatic heterocycles. The molecule has 0 aliphatic carbocycles. The van der Waals surface area contributed by atoms with Crippen molar-refractivity contribution in [2.24, 2.45) is 0 Å². The van der Waals surface area contributed by atoms with Gasteiger partial charge < -0.3 is 19.7 Å². The Labute approximate surface area is 219 Å². The number of fused-ring (bicyclic) bond motifs is 2. The number of rotatable bonds is 6. The maximum Gasteiger partial charge on any atom is 0.421 e. The van der Waals surface area contributed by atoms with E-state index in [-0.39, 0.29) is 24.0 Å². The number of carbonyl (C=O) groups is 1. The van der Waals surface area contributed by atoms with Gasteiger partial charge in [0.05, 0.1) is 30.2 Å². The minimum Gasteiger partial charge on any atom is -0.493 e. The first kappa shape index (κ1) is 25.8. The van der Waals surface area contributed by atoms with Crippen LogP contribution in [0.3, 0.4) is 0 Å². The van der Waals surface area contributed by atoms with E-state index < -0.39 is 17.2 Å². The van der Waals surface area contributed by atoms with Crippen LogP contribution < -0.4 is 19.7 Å². The van der Waals surface area contributed by atoms with Crippen molar-refractivity contribution >= 4 is 11.6 Å². The molecule has 3 aromatic rings. The number of nitrogens with zero attached hydrogens (tertiary/aromatic N) is 3. The summed E-state index contributed by atoms with van der Waals surface area (Å²) in [5.41, 5.74) is 1.38. The van der Waals surface area contributed by atoms with Crippen LogP contribution >= 0.6 is 0 Å². The highest BCUT2D eigenvalue weighted by atomic mass is 19.4. The standard InChI is InChI=1S/C28H29F3N4O3/c1-3-37-22-9-5-8-21(23(22)28(29,30)31)35-15-12-27(13-16-35)17-33-25(36)24-19(27)10-11-20(34-24)18-7-6-14-32-26(18)38-4-2/h5-11,14H,3-4,12-13,15-17H2,1-2H3,(H,33,36). The summed E-state index contributed by atoms with van der Waals surface area (Å²) < 4.78 is 53.1. The molecule has 7 nitrogen and oxygen atoms in total. The summed E-state index contributed by atoms with van der Waals surface area (Å²) in [6.45, 7) is 5.32. The molecule has 0 atom stereocenters. The van der Waals surface area contributed by atoms with Gasteiger partial charge in [-0.15, -0.1) is 0 Å². The van der Waals surface area contributed by atoms with Crippen molar-refractivity contribution in [3.63, 3.8) is 0 Å². The van der Waals surface area contributed by atoms with E-state index in [1.807, 2.05) is 25.1 Å². The highest BCUT2D eigenvalue weighted by Crippen LogP contribution is 2.46. The van der Waals surface area contributed by atoms with Crippen LogP contribution in [0, 0.1) is 0 Å². The summed E-state index contributed by atoms with van der Waals surface area (Å²) >= 11 is 0. The monoisotopic (exact) mass is 526 g/mol. The molecule has 1 spiro atoms. The smallest absolute Gasteiger partial charge is 0.421 e. The predicted molar refractivity (Wildman–Crippen MR) is 137 cm³/mol. The van der Waals surface area contributed by atoms with Gasteiger partial charge in [-0.3, -0.25) is 4.79 Å². The molecule has 2 aliphatic rings. The van der Waals surface area contributed by atoms with Crippen LogP contribution in [0.5, 0.6) is 11.6 Å². The lowest BCUT2D eigenvalue weighted by Gasteiger charge is -2.45. The van der Waals surface area contributed by atoms with Crippen molar-refractivity contribution in [1.29, 1.82) is 0 Å². The van der Waals surface area contributed by atoms with Gasteiger partial charge >= 0.3 is 6.18 Å². The Balaban J connectivity index is 1.45. The van der Waals surface area contributed by atoms with Gasteiger partial charge in [-0.25, -0.2) is 9.97 Å². The number of aromatic nitrogens is 2. The Morgan fingerprint density at radius 3 is 2.50 bits per heavy atom. The van der Waals surface area contributed by atoms with Gasteiger partial charge in [0.25, 0.3) is 5.91 Å². The number of piperidine rings is 1. The molecule has 4 heterocycles. The molecule has 0 bridgehead atoms. The molecule has 0 unspecified atom stereocenters. The number of hydrogen-bond donors (Lipinski definition) is 1. The fraction of sp³-hybridized carbons (Fsp3) is 0.393. The molecule has 1 saturated heterocycles. The van der Waals surface area contributed by atoms with E-state index in [1.165, 1.54) is 12.1 Å². The number of amides is 1. The van der Waals surface area contributed by atoms with E-state index in [0.717, 1.165) is 5.56 Å². The summed E-state index contributed by atoms with van der Waals surface area (Å²) in [7, 11) is 0. The van der Waals surface area contributed by atoms with E-state index in [0.29, 0.717) is 61.9 Å². The van der Waals surface area contributed by atoms with Crippen molar-refractivity contribution in [1.82, 2.24) is 15.3 Å². The maximum absolute atomic E-state index is 14.1. The van der Waals surface area contributed by atoms with E-state index in [2.05, 4.69) is 10.3 Å². The fourth-order valence-corrected chi connectivity index (χ4v) is 5.44. The third-order valence-corrected chi connectivity index (χ3v) is 7.25. The van der Waals surface area contributed by atoms with Crippen molar-refractivity contribution in [3.8, 4) is 22.9 Å². The highest BCUT2D eigenvalue weighted by Gasteiger charge is 2.45. The minimum absolute atomic E-state index is 0.117. The van der Waals surface area contributed by atoms with Crippen LogP contribution in [0.1, 0.15) is 48.3 Å². The number of nitrogens with one attached hydrogen (secondary N) is 1. The summed E-state index contributed by atoms with van der Waals surface area (Å²) in [5.74, 6) is 0.0172. The fourth-order valence-electron chi connectivity index (χ4n) is 5.44. The normalized spacial score (nSPS) is 16.7. The summed E-state index contributed by atoms with van der Waals surface area (Å²) in [6.07, 6.45) is -1.78. The molecule has 1 fully saturated rings. The van der Waals surface area contributed by atoms with Crippen LogP contribution in [-0.2, 0) is 11.6 Å². The maximum atomic E-state index is 14.1. The Hall–Kier alpha value is -3.82. The van der Waals surface area contributed by atoms with Crippen molar-refractivity contribution in [3.05, 3.63) is 65.5 Å². The summed E-state index contributed by atoms with van der Waals surface area (Å²) in [4.78, 5) is 23.6. The van der Waals surface area contributed by atoms with E-state index >= 15 is 0 Å². The lowest BCUT2D eigenvalue weighted by atomic mass is 9.70. The number of hydrogen-bond acceptors (Lipinski definition) is 6. The molecule has 38 heavy (non-hydrogen) atoms. The lowest BCUT2D eigenvalue weighted by molar-refractivity contribution is -0.138. The number of benzene rings is 1. The van der Waals surface area contributed by atoms with Crippen LogP contribution in [0.4, 0.5) is 18.9 Å².